The van der Waals surface area contributed by atoms with Gasteiger partial charge in [-0.15, -0.1) is 10.2 Å². The van der Waals surface area contributed by atoms with Crippen LogP contribution in [0.5, 0.6) is 0 Å². The van der Waals surface area contributed by atoms with Gasteiger partial charge in [-0.25, -0.2) is 0 Å². The van der Waals surface area contributed by atoms with Crippen LogP contribution in [0.25, 0.3) is 5.69 Å². The van der Waals surface area contributed by atoms with Crippen LogP contribution in [-0.2, 0) is 10.5 Å². The second kappa shape index (κ2) is 8.71. The van der Waals surface area contributed by atoms with E-state index in [1.165, 1.54) is 6.92 Å². The molecule has 0 aliphatic rings. The minimum absolute atomic E-state index is 0.0157. The fourth-order valence-corrected chi connectivity index (χ4v) is 3.47. The summed E-state index contributed by atoms with van der Waals surface area (Å²) in [4.78, 5) is 24.8. The van der Waals surface area contributed by atoms with Crippen molar-refractivity contribution in [3.05, 3.63) is 66.0 Å². The molecule has 7 nitrogen and oxygen atoms in total. The van der Waals surface area contributed by atoms with E-state index in [0.29, 0.717) is 11.3 Å². The Bertz CT molecular complexity index is 982. The summed E-state index contributed by atoms with van der Waals surface area (Å²) in [6.07, 6.45) is 1.65. The average molecular weight is 395 g/mol. The van der Waals surface area contributed by atoms with Gasteiger partial charge in [0, 0.05) is 38.0 Å². The Morgan fingerprint density at radius 1 is 1.14 bits per heavy atom. The molecule has 0 unspecified atom stereocenters. The van der Waals surface area contributed by atoms with Gasteiger partial charge in [-0.1, -0.05) is 30.0 Å². The predicted molar refractivity (Wildman–Crippen MR) is 110 cm³/mol. The van der Waals surface area contributed by atoms with Crippen LogP contribution >= 0.6 is 11.8 Å². The third-order valence-corrected chi connectivity index (χ3v) is 4.95. The fourth-order valence-electron chi connectivity index (χ4n) is 2.59. The number of nitrogens with one attached hydrogen (secondary N) is 1. The first-order valence-electron chi connectivity index (χ1n) is 8.65. The van der Waals surface area contributed by atoms with E-state index in [1.807, 2.05) is 53.1 Å². The maximum atomic E-state index is 12.0. The third-order valence-electron chi connectivity index (χ3n) is 3.94. The van der Waals surface area contributed by atoms with Crippen LogP contribution < -0.4 is 5.32 Å². The predicted octanol–water partition coefficient (Wildman–Crippen LogP) is 3.22. The molecule has 1 aromatic heterocycles. The van der Waals surface area contributed by atoms with E-state index in [0.717, 1.165) is 22.1 Å². The molecule has 3 aromatic rings. The quantitative estimate of drug-likeness (QED) is 0.648. The summed E-state index contributed by atoms with van der Waals surface area (Å²) in [5.74, 6) is 0.560. The molecule has 2 amide bonds. The molecule has 1 heterocycles. The summed E-state index contributed by atoms with van der Waals surface area (Å²) < 4.78 is 1.87. The van der Waals surface area contributed by atoms with Gasteiger partial charge in [0.15, 0.2) is 5.16 Å². The zero-order valence-electron chi connectivity index (χ0n) is 15.9. The van der Waals surface area contributed by atoms with Gasteiger partial charge in [-0.2, -0.15) is 0 Å². The van der Waals surface area contributed by atoms with Gasteiger partial charge >= 0.3 is 0 Å². The van der Waals surface area contributed by atoms with Crippen LogP contribution in [0.3, 0.4) is 0 Å². The van der Waals surface area contributed by atoms with E-state index >= 15 is 0 Å². The summed E-state index contributed by atoms with van der Waals surface area (Å²) in [5.41, 5.74) is 3.33. The second-order valence-corrected chi connectivity index (χ2v) is 7.34. The van der Waals surface area contributed by atoms with Gasteiger partial charge < -0.3 is 10.2 Å². The number of amides is 2. The largest absolute Gasteiger partial charge is 0.345 e. The molecule has 0 saturated carbocycles. The summed E-state index contributed by atoms with van der Waals surface area (Å²) in [5, 5.41) is 11.7. The van der Waals surface area contributed by atoms with Crippen LogP contribution in [0.1, 0.15) is 22.8 Å². The average Bonchev–Trinajstić information content (AvgIpc) is 3.14. The highest BCUT2D eigenvalue weighted by Gasteiger charge is 2.10. The first-order chi connectivity index (χ1) is 13.4. The molecule has 0 bridgehead atoms. The SMILES string of the molecule is CC(=O)Nc1cccc(-n2cnnc2SCc2ccc(C(=O)N(C)C)cc2)c1. The van der Waals surface area contributed by atoms with E-state index in [1.54, 1.807) is 37.1 Å². The monoisotopic (exact) mass is 395 g/mol. The number of carbonyl (C=O) groups is 2. The van der Waals surface area contributed by atoms with Gasteiger partial charge in [-0.3, -0.25) is 14.2 Å². The standard InChI is InChI=1S/C20H21N5O2S/c1-14(26)22-17-5-4-6-18(11-17)25-13-21-23-20(25)28-12-15-7-9-16(10-8-15)19(27)24(2)3/h4-11,13H,12H2,1-3H3,(H,22,26). The molecule has 2 aromatic carbocycles. The fraction of sp³-hybridized carbons (Fsp3) is 0.200. The van der Waals surface area contributed by atoms with Gasteiger partial charge in [0.05, 0.1) is 5.69 Å². The van der Waals surface area contributed by atoms with Crippen LogP contribution in [0, 0.1) is 0 Å². The van der Waals surface area contributed by atoms with Crippen molar-refractivity contribution < 1.29 is 9.59 Å². The highest BCUT2D eigenvalue weighted by atomic mass is 32.2. The summed E-state index contributed by atoms with van der Waals surface area (Å²) >= 11 is 1.55. The molecule has 0 saturated heterocycles. The summed E-state index contributed by atoms with van der Waals surface area (Å²) in [7, 11) is 3.47. The first-order valence-corrected chi connectivity index (χ1v) is 9.64. The maximum Gasteiger partial charge on any atom is 0.253 e. The Kier molecular flexibility index (Phi) is 6.10. The van der Waals surface area contributed by atoms with Crippen LogP contribution in [0.2, 0.25) is 0 Å². The van der Waals surface area contributed by atoms with Crippen molar-refractivity contribution >= 4 is 29.3 Å². The van der Waals surface area contributed by atoms with Crippen molar-refractivity contribution in [1.82, 2.24) is 19.7 Å². The number of hydrogen-bond acceptors (Lipinski definition) is 5. The number of benzene rings is 2. The van der Waals surface area contributed by atoms with Crippen molar-refractivity contribution in [2.24, 2.45) is 0 Å². The molecule has 8 heteroatoms. The van der Waals surface area contributed by atoms with E-state index in [4.69, 9.17) is 0 Å². The number of anilines is 1. The van der Waals surface area contributed by atoms with Crippen molar-refractivity contribution in [1.29, 1.82) is 0 Å². The number of rotatable bonds is 6. The zero-order chi connectivity index (χ0) is 20.1. The molecule has 3 rings (SSSR count). The number of carbonyl (C=O) groups excluding carboxylic acids is 2. The second-order valence-electron chi connectivity index (χ2n) is 6.40. The van der Waals surface area contributed by atoms with Gasteiger partial charge in [0.25, 0.3) is 5.91 Å². The van der Waals surface area contributed by atoms with Crippen molar-refractivity contribution in [2.75, 3.05) is 19.4 Å². The molecule has 0 aliphatic carbocycles. The highest BCUT2D eigenvalue weighted by Crippen LogP contribution is 2.25. The molecule has 144 valence electrons. The van der Waals surface area contributed by atoms with E-state index < -0.39 is 0 Å². The molecule has 0 aliphatic heterocycles. The normalized spacial score (nSPS) is 10.5. The van der Waals surface area contributed by atoms with Gasteiger partial charge in [0.1, 0.15) is 6.33 Å². The number of thioether (sulfide) groups is 1. The molecular formula is C20H21N5O2S. The van der Waals surface area contributed by atoms with Crippen LogP contribution in [0.15, 0.2) is 60.0 Å². The minimum Gasteiger partial charge on any atom is -0.345 e. The topological polar surface area (TPSA) is 80.1 Å². The Morgan fingerprint density at radius 2 is 1.89 bits per heavy atom. The van der Waals surface area contributed by atoms with E-state index in [2.05, 4.69) is 15.5 Å². The molecular weight excluding hydrogens is 374 g/mol. The number of aromatic nitrogens is 3. The lowest BCUT2D eigenvalue weighted by molar-refractivity contribution is -0.114. The highest BCUT2D eigenvalue weighted by molar-refractivity contribution is 7.98. The van der Waals surface area contributed by atoms with Gasteiger partial charge in [0.2, 0.25) is 5.91 Å². The van der Waals surface area contributed by atoms with E-state index in [9.17, 15) is 9.59 Å². The molecule has 0 atom stereocenters. The van der Waals surface area contributed by atoms with Crippen LogP contribution in [0.4, 0.5) is 5.69 Å². The number of hydrogen-bond donors (Lipinski definition) is 1. The lowest BCUT2D eigenvalue weighted by Crippen LogP contribution is -2.21. The Labute approximate surface area is 167 Å². The molecule has 0 radical (unpaired) electrons. The molecule has 0 spiro atoms. The Hall–Kier alpha value is -3.13. The van der Waals surface area contributed by atoms with Crippen LogP contribution in [-0.4, -0.2) is 45.6 Å². The molecule has 28 heavy (non-hydrogen) atoms. The minimum atomic E-state index is -0.119. The maximum absolute atomic E-state index is 12.0. The Morgan fingerprint density at radius 3 is 2.57 bits per heavy atom. The lowest BCUT2D eigenvalue weighted by atomic mass is 10.1. The number of nitrogens with zero attached hydrogens (tertiary/aromatic N) is 4. The van der Waals surface area contributed by atoms with Crippen molar-refractivity contribution in [3.8, 4) is 5.69 Å². The van der Waals surface area contributed by atoms with Crippen molar-refractivity contribution in [2.45, 2.75) is 17.8 Å². The smallest absolute Gasteiger partial charge is 0.253 e. The molecule has 0 fully saturated rings. The summed E-state index contributed by atoms with van der Waals surface area (Å²) in [6.45, 7) is 1.48. The van der Waals surface area contributed by atoms with Gasteiger partial charge in [-0.05, 0) is 35.9 Å². The third kappa shape index (κ3) is 4.77. The van der Waals surface area contributed by atoms with Crippen molar-refractivity contribution in [3.63, 3.8) is 0 Å². The molecule has 1 N–H and O–H groups in total. The lowest BCUT2D eigenvalue weighted by Gasteiger charge is -2.11. The van der Waals surface area contributed by atoms with E-state index in [-0.39, 0.29) is 11.8 Å². The summed E-state index contributed by atoms with van der Waals surface area (Å²) in [6, 6.07) is 15.1. The zero-order valence-corrected chi connectivity index (χ0v) is 16.7. The Balaban J connectivity index is 1.71. The first kappa shape index (κ1) is 19.6.